The van der Waals surface area contributed by atoms with E-state index >= 15 is 0 Å². The summed E-state index contributed by atoms with van der Waals surface area (Å²) in [6.07, 6.45) is 2.12. The number of benzene rings is 1. The second kappa shape index (κ2) is 6.73. The van der Waals surface area contributed by atoms with E-state index in [0.29, 0.717) is 11.4 Å². The fraction of sp³-hybridized carbons (Fsp3) is 0.500. The Morgan fingerprint density at radius 2 is 2.12 bits per heavy atom. The van der Waals surface area contributed by atoms with Crippen LogP contribution in [0, 0.1) is 20.8 Å². The molecule has 0 radical (unpaired) electrons. The van der Waals surface area contributed by atoms with Crippen molar-refractivity contribution in [2.24, 2.45) is 0 Å². The lowest BCUT2D eigenvalue weighted by molar-refractivity contribution is 0.0709. The molecule has 2 atom stereocenters. The molecule has 1 amide bonds. The molecule has 0 spiro atoms. The molecule has 0 saturated carbocycles. The van der Waals surface area contributed by atoms with Crippen LogP contribution in [0.4, 0.5) is 0 Å². The fourth-order valence-electron chi connectivity index (χ4n) is 3.09. The average molecular weight is 328 g/mol. The number of carbonyl (C=O) groups excluding carboxylic acids is 1. The van der Waals surface area contributed by atoms with Crippen LogP contribution in [0.15, 0.2) is 18.2 Å². The minimum absolute atomic E-state index is 0.0364. The summed E-state index contributed by atoms with van der Waals surface area (Å²) in [7, 11) is 0. The zero-order chi connectivity index (χ0) is 17.3. The summed E-state index contributed by atoms with van der Waals surface area (Å²) in [5, 5.41) is 11.8. The van der Waals surface area contributed by atoms with Gasteiger partial charge in [0.1, 0.15) is 0 Å². The first-order chi connectivity index (χ1) is 11.5. The van der Waals surface area contributed by atoms with Crippen molar-refractivity contribution in [3.63, 3.8) is 0 Å². The quantitative estimate of drug-likeness (QED) is 0.936. The molecule has 3 rings (SSSR count). The van der Waals surface area contributed by atoms with Crippen LogP contribution in [0.3, 0.4) is 0 Å². The molecule has 1 saturated heterocycles. The zero-order valence-corrected chi connectivity index (χ0v) is 14.7. The van der Waals surface area contributed by atoms with E-state index in [0.717, 1.165) is 30.7 Å². The number of aryl methyl sites for hydroxylation is 3. The first-order valence-electron chi connectivity index (χ1n) is 8.39. The Hall–Kier alpha value is -2.21. The number of amides is 1. The van der Waals surface area contributed by atoms with Gasteiger partial charge >= 0.3 is 0 Å². The molecule has 2 heterocycles. The second-order valence-corrected chi connectivity index (χ2v) is 6.53. The Bertz CT molecular complexity index is 747. The van der Waals surface area contributed by atoms with Gasteiger partial charge in [-0.25, -0.2) is 0 Å². The molecule has 1 N–H and O–H groups in total. The van der Waals surface area contributed by atoms with Crippen LogP contribution in [-0.2, 0) is 4.74 Å². The van der Waals surface area contributed by atoms with Crippen LogP contribution in [0.25, 0.3) is 5.69 Å². The molecule has 1 aliphatic rings. The van der Waals surface area contributed by atoms with Gasteiger partial charge < -0.3 is 10.1 Å². The number of rotatable bonds is 4. The predicted octanol–water partition coefficient (Wildman–Crippen LogP) is 2.49. The van der Waals surface area contributed by atoms with E-state index in [1.54, 1.807) is 6.92 Å². The number of nitrogens with zero attached hydrogens (tertiary/aromatic N) is 3. The van der Waals surface area contributed by atoms with Gasteiger partial charge in [-0.2, -0.15) is 9.90 Å². The van der Waals surface area contributed by atoms with Crippen molar-refractivity contribution in [3.8, 4) is 5.69 Å². The third kappa shape index (κ3) is 3.33. The first-order valence-corrected chi connectivity index (χ1v) is 8.39. The summed E-state index contributed by atoms with van der Waals surface area (Å²) in [5.41, 5.74) is 4.12. The van der Waals surface area contributed by atoms with Crippen molar-refractivity contribution in [1.82, 2.24) is 20.3 Å². The minimum atomic E-state index is -0.202. The number of aromatic nitrogens is 3. The van der Waals surface area contributed by atoms with Gasteiger partial charge in [0, 0.05) is 6.61 Å². The van der Waals surface area contributed by atoms with Crippen molar-refractivity contribution in [2.75, 3.05) is 6.61 Å². The van der Waals surface area contributed by atoms with Crippen LogP contribution in [0.1, 0.15) is 47.1 Å². The molecule has 0 unspecified atom stereocenters. The monoisotopic (exact) mass is 328 g/mol. The number of hydrogen-bond acceptors (Lipinski definition) is 4. The van der Waals surface area contributed by atoms with Gasteiger partial charge in [0.25, 0.3) is 5.91 Å². The lowest BCUT2D eigenvalue weighted by atomic mass is 10.1. The standard InChI is InChI=1S/C18H24N4O2/c1-11-7-8-15(12(2)10-11)22-20-14(4)17(21-22)18(23)19-13(3)16-6-5-9-24-16/h7-8,10,13,16H,5-6,9H2,1-4H3,(H,19,23)/t13-,16-/m1/s1. The molecule has 1 fully saturated rings. The molecular weight excluding hydrogens is 304 g/mol. The Kier molecular flexibility index (Phi) is 4.66. The Labute approximate surface area is 142 Å². The summed E-state index contributed by atoms with van der Waals surface area (Å²) < 4.78 is 5.63. The molecule has 0 bridgehead atoms. The molecule has 1 aromatic carbocycles. The number of nitrogens with one attached hydrogen (secondary N) is 1. The normalized spacial score (nSPS) is 18.6. The van der Waals surface area contributed by atoms with Crippen molar-refractivity contribution < 1.29 is 9.53 Å². The van der Waals surface area contributed by atoms with Gasteiger partial charge in [-0.05, 0) is 52.2 Å². The second-order valence-electron chi connectivity index (χ2n) is 6.53. The van der Waals surface area contributed by atoms with Crippen LogP contribution >= 0.6 is 0 Å². The lowest BCUT2D eigenvalue weighted by Crippen LogP contribution is -2.41. The van der Waals surface area contributed by atoms with Crippen LogP contribution in [-0.4, -0.2) is 39.7 Å². The highest BCUT2D eigenvalue weighted by atomic mass is 16.5. The smallest absolute Gasteiger partial charge is 0.274 e. The first kappa shape index (κ1) is 16.6. The Morgan fingerprint density at radius 1 is 1.33 bits per heavy atom. The van der Waals surface area contributed by atoms with Gasteiger partial charge in [-0.15, -0.1) is 5.10 Å². The summed E-state index contributed by atoms with van der Waals surface area (Å²) in [6, 6.07) is 6.03. The highest BCUT2D eigenvalue weighted by Gasteiger charge is 2.26. The average Bonchev–Trinajstić information content (AvgIpc) is 3.16. The molecule has 0 aliphatic carbocycles. The van der Waals surface area contributed by atoms with E-state index in [-0.39, 0.29) is 18.1 Å². The number of carbonyl (C=O) groups is 1. The predicted molar refractivity (Wildman–Crippen MR) is 91.5 cm³/mol. The SMILES string of the molecule is Cc1ccc(-n2nc(C)c(C(=O)N[C@H](C)[C@H]3CCCO3)n2)c(C)c1. The number of ether oxygens (including phenoxy) is 1. The lowest BCUT2D eigenvalue weighted by Gasteiger charge is -2.19. The topological polar surface area (TPSA) is 69.0 Å². The maximum absolute atomic E-state index is 12.5. The minimum Gasteiger partial charge on any atom is -0.376 e. The molecule has 2 aromatic rings. The largest absolute Gasteiger partial charge is 0.376 e. The summed E-state index contributed by atoms with van der Waals surface area (Å²) >= 11 is 0. The molecular formula is C18H24N4O2. The van der Waals surface area contributed by atoms with Gasteiger partial charge in [-0.3, -0.25) is 4.79 Å². The highest BCUT2D eigenvalue weighted by molar-refractivity contribution is 5.93. The van der Waals surface area contributed by atoms with E-state index in [4.69, 9.17) is 4.74 Å². The van der Waals surface area contributed by atoms with E-state index in [2.05, 4.69) is 21.6 Å². The molecule has 24 heavy (non-hydrogen) atoms. The van der Waals surface area contributed by atoms with E-state index in [1.807, 2.05) is 32.9 Å². The van der Waals surface area contributed by atoms with Crippen molar-refractivity contribution in [2.45, 2.75) is 52.7 Å². The van der Waals surface area contributed by atoms with Crippen LogP contribution in [0.2, 0.25) is 0 Å². The third-order valence-corrected chi connectivity index (χ3v) is 4.45. The van der Waals surface area contributed by atoms with E-state index in [1.165, 1.54) is 10.4 Å². The van der Waals surface area contributed by atoms with Gasteiger partial charge in [0.05, 0.1) is 23.5 Å². The Morgan fingerprint density at radius 3 is 2.79 bits per heavy atom. The van der Waals surface area contributed by atoms with E-state index < -0.39 is 0 Å². The molecule has 1 aliphatic heterocycles. The van der Waals surface area contributed by atoms with Gasteiger partial charge in [0.2, 0.25) is 0 Å². The highest BCUT2D eigenvalue weighted by Crippen LogP contribution is 2.17. The molecule has 6 heteroatoms. The van der Waals surface area contributed by atoms with Gasteiger partial charge in [-0.1, -0.05) is 17.7 Å². The zero-order valence-electron chi connectivity index (χ0n) is 14.7. The van der Waals surface area contributed by atoms with Crippen molar-refractivity contribution in [3.05, 3.63) is 40.7 Å². The fourth-order valence-corrected chi connectivity index (χ4v) is 3.09. The van der Waals surface area contributed by atoms with Crippen molar-refractivity contribution >= 4 is 5.91 Å². The maximum Gasteiger partial charge on any atom is 0.274 e. The summed E-state index contributed by atoms with van der Waals surface area (Å²) in [5.74, 6) is -0.202. The van der Waals surface area contributed by atoms with Crippen molar-refractivity contribution in [1.29, 1.82) is 0 Å². The molecule has 6 nitrogen and oxygen atoms in total. The summed E-state index contributed by atoms with van der Waals surface area (Å²) in [6.45, 7) is 8.60. The number of hydrogen-bond donors (Lipinski definition) is 1. The summed E-state index contributed by atoms with van der Waals surface area (Å²) in [4.78, 5) is 14.1. The Balaban J connectivity index is 1.79. The molecule has 128 valence electrons. The van der Waals surface area contributed by atoms with E-state index in [9.17, 15) is 4.79 Å². The maximum atomic E-state index is 12.5. The molecule has 1 aromatic heterocycles. The van der Waals surface area contributed by atoms with Gasteiger partial charge in [0.15, 0.2) is 5.69 Å². The third-order valence-electron chi connectivity index (χ3n) is 4.45. The van der Waals surface area contributed by atoms with Crippen LogP contribution in [0.5, 0.6) is 0 Å². The van der Waals surface area contributed by atoms with Crippen LogP contribution < -0.4 is 5.32 Å².